The number of nitrogens with one attached hydrogen (secondary N) is 1. The van der Waals surface area contributed by atoms with E-state index in [4.69, 9.17) is 0 Å². The zero-order valence-corrected chi connectivity index (χ0v) is 10.7. The predicted octanol–water partition coefficient (Wildman–Crippen LogP) is 2.02. The third-order valence-corrected chi connectivity index (χ3v) is 3.52. The molecular formula is C13H19N5. The molecule has 2 aromatic heterocycles. The molecule has 18 heavy (non-hydrogen) atoms. The Morgan fingerprint density at radius 1 is 1.39 bits per heavy atom. The standard InChI is InChI=1S/C13H19N5/c1-17-9-11(8-15-17)10-18-7-6-14-13(18)16-12-4-2-3-5-12/h6-9,12H,2-5,10H2,1H3,(H,14,16). The van der Waals surface area contributed by atoms with Gasteiger partial charge < -0.3 is 9.88 Å². The zero-order chi connectivity index (χ0) is 12.4. The van der Waals surface area contributed by atoms with Crippen LogP contribution in [0, 0.1) is 0 Å². The lowest BCUT2D eigenvalue weighted by molar-refractivity contribution is 0.715. The van der Waals surface area contributed by atoms with E-state index < -0.39 is 0 Å². The molecular weight excluding hydrogens is 226 g/mol. The second kappa shape index (κ2) is 4.84. The molecule has 3 rings (SSSR count). The highest BCUT2D eigenvalue weighted by Crippen LogP contribution is 2.21. The maximum absolute atomic E-state index is 4.41. The minimum absolute atomic E-state index is 0.597. The average molecular weight is 245 g/mol. The summed E-state index contributed by atoms with van der Waals surface area (Å²) in [5.74, 6) is 0.978. The Morgan fingerprint density at radius 3 is 2.94 bits per heavy atom. The van der Waals surface area contributed by atoms with Crippen LogP contribution in [0.3, 0.4) is 0 Å². The smallest absolute Gasteiger partial charge is 0.203 e. The molecule has 0 aliphatic heterocycles. The van der Waals surface area contributed by atoms with Crippen molar-refractivity contribution in [1.29, 1.82) is 0 Å². The summed E-state index contributed by atoms with van der Waals surface area (Å²) in [5, 5.41) is 7.73. The van der Waals surface area contributed by atoms with E-state index in [1.54, 1.807) is 0 Å². The maximum atomic E-state index is 4.41. The summed E-state index contributed by atoms with van der Waals surface area (Å²) in [7, 11) is 1.94. The van der Waals surface area contributed by atoms with Crippen LogP contribution in [0.25, 0.3) is 0 Å². The number of hydrogen-bond acceptors (Lipinski definition) is 3. The van der Waals surface area contributed by atoms with E-state index >= 15 is 0 Å². The summed E-state index contributed by atoms with van der Waals surface area (Å²) < 4.78 is 3.98. The third-order valence-electron chi connectivity index (χ3n) is 3.52. The first kappa shape index (κ1) is 11.3. The van der Waals surface area contributed by atoms with Crippen molar-refractivity contribution in [2.75, 3.05) is 5.32 Å². The predicted molar refractivity (Wildman–Crippen MR) is 70.4 cm³/mol. The van der Waals surface area contributed by atoms with Gasteiger partial charge >= 0.3 is 0 Å². The van der Waals surface area contributed by atoms with Crippen LogP contribution >= 0.6 is 0 Å². The fourth-order valence-corrected chi connectivity index (χ4v) is 2.58. The Labute approximate surface area is 107 Å². The van der Waals surface area contributed by atoms with Crippen LogP contribution in [0.2, 0.25) is 0 Å². The van der Waals surface area contributed by atoms with Gasteiger partial charge in [0, 0.05) is 37.2 Å². The summed E-state index contributed by atoms with van der Waals surface area (Å²) in [6.07, 6.45) is 13.0. The van der Waals surface area contributed by atoms with Crippen molar-refractivity contribution >= 4 is 5.95 Å². The molecule has 2 heterocycles. The topological polar surface area (TPSA) is 47.7 Å². The Kier molecular flexibility index (Phi) is 3.04. The van der Waals surface area contributed by atoms with E-state index in [0.29, 0.717) is 6.04 Å². The third kappa shape index (κ3) is 2.39. The molecule has 2 aromatic rings. The minimum atomic E-state index is 0.597. The van der Waals surface area contributed by atoms with Crippen LogP contribution < -0.4 is 5.32 Å². The largest absolute Gasteiger partial charge is 0.353 e. The number of nitrogens with zero attached hydrogens (tertiary/aromatic N) is 4. The molecule has 0 spiro atoms. The van der Waals surface area contributed by atoms with Gasteiger partial charge in [0.1, 0.15) is 0 Å². The molecule has 0 saturated heterocycles. The normalized spacial score (nSPS) is 16.3. The van der Waals surface area contributed by atoms with Gasteiger partial charge in [-0.05, 0) is 12.8 Å². The number of anilines is 1. The molecule has 96 valence electrons. The van der Waals surface area contributed by atoms with Gasteiger partial charge in [0.2, 0.25) is 5.95 Å². The molecule has 1 saturated carbocycles. The van der Waals surface area contributed by atoms with Crippen LogP contribution in [-0.4, -0.2) is 25.4 Å². The highest BCUT2D eigenvalue weighted by atomic mass is 15.2. The minimum Gasteiger partial charge on any atom is -0.353 e. The molecule has 0 atom stereocenters. The van der Waals surface area contributed by atoms with Crippen LogP contribution in [0.15, 0.2) is 24.8 Å². The Morgan fingerprint density at radius 2 is 2.22 bits per heavy atom. The monoisotopic (exact) mass is 245 g/mol. The molecule has 5 heteroatoms. The molecule has 0 amide bonds. The molecule has 0 aromatic carbocycles. The van der Waals surface area contributed by atoms with E-state index in [1.165, 1.54) is 31.2 Å². The molecule has 0 radical (unpaired) electrons. The second-order valence-electron chi connectivity index (χ2n) is 5.03. The first-order valence-electron chi connectivity index (χ1n) is 6.56. The van der Waals surface area contributed by atoms with Gasteiger partial charge in [-0.2, -0.15) is 5.10 Å². The van der Waals surface area contributed by atoms with E-state index in [2.05, 4.69) is 20.0 Å². The van der Waals surface area contributed by atoms with Crippen LogP contribution in [0.5, 0.6) is 0 Å². The van der Waals surface area contributed by atoms with Crippen molar-refractivity contribution < 1.29 is 0 Å². The highest BCUT2D eigenvalue weighted by molar-refractivity contribution is 5.29. The van der Waals surface area contributed by atoms with Gasteiger partial charge in [0.15, 0.2) is 0 Å². The SMILES string of the molecule is Cn1cc(Cn2ccnc2NC2CCCC2)cn1. The number of aromatic nitrogens is 4. The second-order valence-corrected chi connectivity index (χ2v) is 5.03. The number of hydrogen-bond donors (Lipinski definition) is 1. The summed E-state index contributed by atoms with van der Waals surface area (Å²) in [5.41, 5.74) is 1.20. The van der Waals surface area contributed by atoms with E-state index in [-0.39, 0.29) is 0 Å². The summed E-state index contributed by atoms with van der Waals surface area (Å²) in [6.45, 7) is 0.822. The molecule has 1 N–H and O–H groups in total. The molecule has 1 fully saturated rings. The van der Waals surface area contributed by atoms with Crippen LogP contribution in [0.1, 0.15) is 31.2 Å². The van der Waals surface area contributed by atoms with Crippen LogP contribution in [-0.2, 0) is 13.6 Å². The van der Waals surface area contributed by atoms with Crippen molar-refractivity contribution in [2.24, 2.45) is 7.05 Å². The first-order chi connectivity index (χ1) is 8.81. The van der Waals surface area contributed by atoms with E-state index in [1.807, 2.05) is 36.5 Å². The molecule has 5 nitrogen and oxygen atoms in total. The van der Waals surface area contributed by atoms with Crippen molar-refractivity contribution in [2.45, 2.75) is 38.3 Å². The Bertz CT molecular complexity index is 507. The van der Waals surface area contributed by atoms with Gasteiger partial charge in [-0.25, -0.2) is 4.98 Å². The Hall–Kier alpha value is -1.78. The quantitative estimate of drug-likeness (QED) is 0.896. The lowest BCUT2D eigenvalue weighted by atomic mass is 10.2. The summed E-state index contributed by atoms with van der Waals surface area (Å²) >= 11 is 0. The van der Waals surface area contributed by atoms with Crippen LogP contribution in [0.4, 0.5) is 5.95 Å². The number of aryl methyl sites for hydroxylation is 1. The highest BCUT2D eigenvalue weighted by Gasteiger charge is 2.16. The fraction of sp³-hybridized carbons (Fsp3) is 0.538. The number of rotatable bonds is 4. The van der Waals surface area contributed by atoms with Gasteiger partial charge in [0.25, 0.3) is 0 Å². The Balaban J connectivity index is 1.70. The van der Waals surface area contributed by atoms with Gasteiger partial charge in [0.05, 0.1) is 12.7 Å². The molecule has 1 aliphatic carbocycles. The molecule has 1 aliphatic rings. The average Bonchev–Trinajstić information content (AvgIpc) is 3.05. The van der Waals surface area contributed by atoms with Gasteiger partial charge in [-0.1, -0.05) is 12.8 Å². The van der Waals surface area contributed by atoms with Crippen molar-refractivity contribution in [3.05, 3.63) is 30.4 Å². The lowest BCUT2D eigenvalue weighted by Gasteiger charge is -2.14. The van der Waals surface area contributed by atoms with Crippen molar-refractivity contribution in [3.8, 4) is 0 Å². The first-order valence-corrected chi connectivity index (χ1v) is 6.56. The lowest BCUT2D eigenvalue weighted by Crippen LogP contribution is -2.18. The number of imidazole rings is 1. The van der Waals surface area contributed by atoms with E-state index in [9.17, 15) is 0 Å². The van der Waals surface area contributed by atoms with Crippen molar-refractivity contribution in [1.82, 2.24) is 19.3 Å². The summed E-state index contributed by atoms with van der Waals surface area (Å²) in [6, 6.07) is 0.597. The molecule has 0 unspecified atom stereocenters. The zero-order valence-electron chi connectivity index (χ0n) is 10.7. The van der Waals surface area contributed by atoms with E-state index in [0.717, 1.165) is 12.5 Å². The fourth-order valence-electron chi connectivity index (χ4n) is 2.58. The van der Waals surface area contributed by atoms with Gasteiger partial charge in [-0.15, -0.1) is 0 Å². The van der Waals surface area contributed by atoms with Crippen molar-refractivity contribution in [3.63, 3.8) is 0 Å². The maximum Gasteiger partial charge on any atom is 0.203 e. The molecule has 0 bridgehead atoms. The van der Waals surface area contributed by atoms with Gasteiger partial charge in [-0.3, -0.25) is 4.68 Å². The summed E-state index contributed by atoms with van der Waals surface area (Å²) in [4.78, 5) is 4.41.